The lowest BCUT2D eigenvalue weighted by atomic mass is 9.91. The van der Waals surface area contributed by atoms with Gasteiger partial charge in [-0.05, 0) is 38.4 Å². The van der Waals surface area contributed by atoms with Crippen molar-refractivity contribution in [2.24, 2.45) is 0 Å². The van der Waals surface area contributed by atoms with Gasteiger partial charge >= 0.3 is 0 Å². The molecule has 9 heteroatoms. The largest absolute Gasteiger partial charge is 0.354 e. The van der Waals surface area contributed by atoms with Gasteiger partial charge in [-0.15, -0.1) is 0 Å². The molecule has 1 atom stereocenters. The standard InChI is InChI=1S/C24H32N8O/c1-30-10-12-31(13-11-30)20-7-6-18(16-26-20)28-23-27-15-17-14-24(8-9-25-22(24)33)32(21(17)29-23)19-4-2-3-5-19/h6-7,15-16,19H,2-5,8-14H2,1H3,(H,25,33)(H,27,28,29). The maximum atomic E-state index is 13.0. The van der Waals surface area contributed by atoms with Crippen molar-refractivity contribution in [3.8, 4) is 0 Å². The highest BCUT2D eigenvalue weighted by Crippen LogP contribution is 2.46. The zero-order chi connectivity index (χ0) is 22.4. The van der Waals surface area contributed by atoms with Crippen LogP contribution in [-0.2, 0) is 11.2 Å². The number of carbonyl (C=O) groups is 1. The van der Waals surface area contributed by atoms with Crippen LogP contribution in [0.5, 0.6) is 0 Å². The molecule has 1 aliphatic carbocycles. The molecule has 2 aromatic heterocycles. The minimum absolute atomic E-state index is 0.144. The number of rotatable bonds is 4. The number of likely N-dealkylation sites (N-methyl/N-ethyl adjacent to an activating group) is 1. The fourth-order valence-corrected chi connectivity index (χ4v) is 5.95. The minimum Gasteiger partial charge on any atom is -0.354 e. The van der Waals surface area contributed by atoms with Crippen molar-refractivity contribution in [2.45, 2.75) is 50.1 Å². The van der Waals surface area contributed by atoms with Gasteiger partial charge in [0.25, 0.3) is 0 Å². The second-order valence-electron chi connectivity index (χ2n) is 9.89. The number of aromatic nitrogens is 3. The first-order valence-electron chi connectivity index (χ1n) is 12.2. The summed E-state index contributed by atoms with van der Waals surface area (Å²) in [5.74, 6) is 2.63. The molecule has 5 heterocycles. The van der Waals surface area contributed by atoms with Crippen molar-refractivity contribution in [3.05, 3.63) is 30.1 Å². The molecule has 6 rings (SSSR count). The van der Waals surface area contributed by atoms with Crippen LogP contribution in [-0.4, -0.2) is 77.1 Å². The van der Waals surface area contributed by atoms with Crippen LogP contribution in [0.15, 0.2) is 24.5 Å². The van der Waals surface area contributed by atoms with E-state index in [0.717, 1.165) is 74.9 Å². The van der Waals surface area contributed by atoms with E-state index >= 15 is 0 Å². The number of pyridine rings is 1. The lowest BCUT2D eigenvalue weighted by Gasteiger charge is -2.38. The molecule has 2 N–H and O–H groups in total. The highest BCUT2D eigenvalue weighted by atomic mass is 16.2. The first kappa shape index (κ1) is 20.7. The van der Waals surface area contributed by atoms with E-state index in [4.69, 9.17) is 4.98 Å². The van der Waals surface area contributed by atoms with E-state index in [1.54, 1.807) is 0 Å². The van der Waals surface area contributed by atoms with Gasteiger partial charge in [0.1, 0.15) is 17.2 Å². The molecule has 3 aliphatic heterocycles. The van der Waals surface area contributed by atoms with E-state index in [9.17, 15) is 4.79 Å². The molecule has 9 nitrogen and oxygen atoms in total. The molecular formula is C24H32N8O. The van der Waals surface area contributed by atoms with Crippen LogP contribution in [0.4, 0.5) is 23.3 Å². The summed E-state index contributed by atoms with van der Waals surface area (Å²) < 4.78 is 0. The Bertz CT molecular complexity index is 1030. The Morgan fingerprint density at radius 2 is 1.91 bits per heavy atom. The molecule has 4 aliphatic rings. The normalized spacial score (nSPS) is 25.7. The van der Waals surface area contributed by atoms with Gasteiger partial charge in [-0.3, -0.25) is 4.79 Å². The van der Waals surface area contributed by atoms with Gasteiger partial charge in [0.05, 0.1) is 11.9 Å². The SMILES string of the molecule is CN1CCN(c2ccc(Nc3ncc4c(n3)N(C3CCCC3)C3(CCNC3=O)C4)cn2)CC1. The minimum atomic E-state index is -0.490. The number of hydrogen-bond acceptors (Lipinski definition) is 8. The molecular weight excluding hydrogens is 416 g/mol. The van der Waals surface area contributed by atoms with Gasteiger partial charge in [0, 0.05) is 56.9 Å². The number of nitrogens with one attached hydrogen (secondary N) is 2. The molecule has 1 amide bonds. The van der Waals surface area contributed by atoms with Gasteiger partial charge in [-0.25, -0.2) is 9.97 Å². The summed E-state index contributed by atoms with van der Waals surface area (Å²) in [7, 11) is 2.16. The zero-order valence-electron chi connectivity index (χ0n) is 19.3. The van der Waals surface area contributed by atoms with Gasteiger partial charge in [-0.2, -0.15) is 4.98 Å². The van der Waals surface area contributed by atoms with Gasteiger partial charge in [0.2, 0.25) is 11.9 Å². The number of amides is 1. The van der Waals surface area contributed by atoms with Gasteiger partial charge < -0.3 is 25.3 Å². The number of hydrogen-bond donors (Lipinski definition) is 2. The Labute approximate surface area is 194 Å². The summed E-state index contributed by atoms with van der Waals surface area (Å²) in [6.07, 6.45) is 9.97. The highest BCUT2D eigenvalue weighted by Gasteiger charge is 2.55. The molecule has 1 saturated carbocycles. The average Bonchev–Trinajstić information content (AvgIpc) is 3.55. The number of carbonyl (C=O) groups excluding carboxylic acids is 1. The second-order valence-corrected chi connectivity index (χ2v) is 9.89. The molecule has 2 saturated heterocycles. The predicted molar refractivity (Wildman–Crippen MR) is 128 cm³/mol. The van der Waals surface area contributed by atoms with E-state index in [-0.39, 0.29) is 5.91 Å². The van der Waals surface area contributed by atoms with E-state index < -0.39 is 5.54 Å². The van der Waals surface area contributed by atoms with Crippen molar-refractivity contribution in [2.75, 3.05) is 54.9 Å². The summed E-state index contributed by atoms with van der Waals surface area (Å²) in [5, 5.41) is 6.40. The predicted octanol–water partition coefficient (Wildman–Crippen LogP) is 1.93. The quantitative estimate of drug-likeness (QED) is 0.734. The van der Waals surface area contributed by atoms with Gasteiger partial charge in [-0.1, -0.05) is 12.8 Å². The summed E-state index contributed by atoms with van der Waals surface area (Å²) in [6.45, 7) is 4.84. The molecule has 0 aromatic carbocycles. The molecule has 174 valence electrons. The average molecular weight is 449 g/mol. The van der Waals surface area contributed by atoms with Crippen LogP contribution in [0, 0.1) is 0 Å². The van der Waals surface area contributed by atoms with Crippen LogP contribution in [0.25, 0.3) is 0 Å². The summed E-state index contributed by atoms with van der Waals surface area (Å²) in [6, 6.07) is 4.48. The summed E-state index contributed by atoms with van der Waals surface area (Å²) in [4.78, 5) is 34.1. The molecule has 1 unspecified atom stereocenters. The van der Waals surface area contributed by atoms with E-state index in [1.807, 2.05) is 18.5 Å². The second kappa shape index (κ2) is 8.13. The molecule has 3 fully saturated rings. The van der Waals surface area contributed by atoms with Crippen molar-refractivity contribution in [3.63, 3.8) is 0 Å². The summed E-state index contributed by atoms with van der Waals surface area (Å²) >= 11 is 0. The molecule has 0 radical (unpaired) electrons. The van der Waals surface area contributed by atoms with Gasteiger partial charge in [0.15, 0.2) is 0 Å². The Kier molecular flexibility index (Phi) is 5.09. The maximum absolute atomic E-state index is 13.0. The highest BCUT2D eigenvalue weighted by molar-refractivity contribution is 5.94. The van der Waals surface area contributed by atoms with Crippen LogP contribution in [0.2, 0.25) is 0 Å². The van der Waals surface area contributed by atoms with Crippen LogP contribution in [0.1, 0.15) is 37.7 Å². The molecule has 1 spiro atoms. The first-order chi connectivity index (χ1) is 16.1. The van der Waals surface area contributed by atoms with E-state index in [0.29, 0.717) is 18.4 Å². The Balaban J connectivity index is 1.23. The third-order valence-electron chi connectivity index (χ3n) is 7.78. The molecule has 0 bridgehead atoms. The molecule has 2 aromatic rings. The van der Waals surface area contributed by atoms with Crippen LogP contribution in [0.3, 0.4) is 0 Å². The topological polar surface area (TPSA) is 89.5 Å². The maximum Gasteiger partial charge on any atom is 0.246 e. The van der Waals surface area contributed by atoms with Crippen molar-refractivity contribution in [1.82, 2.24) is 25.2 Å². The lowest BCUT2D eigenvalue weighted by Crippen LogP contribution is -2.56. The van der Waals surface area contributed by atoms with Crippen LogP contribution >= 0.6 is 0 Å². The third kappa shape index (κ3) is 3.58. The third-order valence-corrected chi connectivity index (χ3v) is 7.78. The number of piperazine rings is 1. The first-order valence-corrected chi connectivity index (χ1v) is 12.2. The Hall–Kier alpha value is -2.94. The van der Waals surface area contributed by atoms with Crippen molar-refractivity contribution < 1.29 is 4.79 Å². The zero-order valence-corrected chi connectivity index (χ0v) is 19.3. The number of anilines is 4. The van der Waals surface area contributed by atoms with E-state index in [2.05, 4.69) is 48.4 Å². The van der Waals surface area contributed by atoms with Crippen molar-refractivity contribution >= 4 is 29.2 Å². The molecule has 33 heavy (non-hydrogen) atoms. The number of fused-ring (bicyclic) bond motifs is 1. The number of nitrogens with zero attached hydrogens (tertiary/aromatic N) is 6. The smallest absolute Gasteiger partial charge is 0.246 e. The monoisotopic (exact) mass is 448 g/mol. The summed E-state index contributed by atoms with van der Waals surface area (Å²) in [5.41, 5.74) is 1.45. The fraction of sp³-hybridized carbons (Fsp3) is 0.583. The van der Waals surface area contributed by atoms with Crippen LogP contribution < -0.4 is 20.4 Å². The Morgan fingerprint density at radius 1 is 1.09 bits per heavy atom. The van der Waals surface area contributed by atoms with E-state index in [1.165, 1.54) is 12.8 Å². The van der Waals surface area contributed by atoms with Crippen molar-refractivity contribution in [1.29, 1.82) is 0 Å². The lowest BCUT2D eigenvalue weighted by molar-refractivity contribution is -0.123. The Morgan fingerprint density at radius 3 is 2.61 bits per heavy atom. The fourth-order valence-electron chi connectivity index (χ4n) is 5.95.